The van der Waals surface area contributed by atoms with Gasteiger partial charge in [0.05, 0.1) is 0 Å². The van der Waals surface area contributed by atoms with Gasteiger partial charge in [-0.15, -0.1) is 0 Å². The molecule has 0 saturated carbocycles. The number of carbonyl (C=O) groups is 1. The standard InChI is InChI=1S/CH2O3.2Na/c2-1(3)4;;/h(H2,2,3,4);;/q;2*+1/p+1. The molecular weight excluding hydrogens is 106 g/mol. The Labute approximate surface area is 80.8 Å². The predicted octanol–water partition coefficient (Wildman–Crippen LogP) is -5.66. The summed E-state index contributed by atoms with van der Waals surface area (Å²) in [7, 11) is 0. The average molecular weight is 109 g/mol. The molecule has 0 unspecified atom stereocenters. The Bertz CT molecular complexity index is 35.9. The van der Waals surface area contributed by atoms with Gasteiger partial charge in [-0.2, -0.15) is 0 Å². The molecule has 2 N–H and O–H groups in total. The molecule has 0 bridgehead atoms. The van der Waals surface area contributed by atoms with E-state index in [2.05, 4.69) is 0 Å². The molecule has 0 aromatic rings. The molecule has 0 aliphatic rings. The summed E-state index contributed by atoms with van der Waals surface area (Å²) >= 11 is 0. The van der Waals surface area contributed by atoms with Crippen molar-refractivity contribution in [3.05, 3.63) is 0 Å². The van der Waals surface area contributed by atoms with E-state index in [1.54, 1.807) is 0 Å². The van der Waals surface area contributed by atoms with Gasteiger partial charge in [0, 0.05) is 0 Å². The van der Waals surface area contributed by atoms with Gasteiger partial charge in [-0.3, -0.25) is 0 Å². The molecule has 0 amide bonds. The first kappa shape index (κ1) is 15.7. The van der Waals surface area contributed by atoms with E-state index in [-0.39, 0.29) is 60.5 Å². The SMILES string of the molecule is O=C(O)O.[H+].[Na+].[Na+]. The molecule has 0 aliphatic carbocycles. The largest absolute Gasteiger partial charge is 1.00 e. The fourth-order valence-corrected chi connectivity index (χ4v) is 0. The summed E-state index contributed by atoms with van der Waals surface area (Å²) in [5.74, 6) is 0. The smallest absolute Gasteiger partial charge is 0.450 e. The first-order valence-corrected chi connectivity index (χ1v) is 0.651. The number of rotatable bonds is 0. The van der Waals surface area contributed by atoms with Gasteiger partial charge >= 0.3 is 66.7 Å². The minimum atomic E-state index is -1.83. The van der Waals surface area contributed by atoms with Gasteiger partial charge in [-0.25, -0.2) is 4.79 Å². The van der Waals surface area contributed by atoms with Gasteiger partial charge in [0.2, 0.25) is 0 Å². The minimum Gasteiger partial charge on any atom is -0.450 e. The summed E-state index contributed by atoms with van der Waals surface area (Å²) < 4.78 is 0. The van der Waals surface area contributed by atoms with Crippen molar-refractivity contribution in [2.45, 2.75) is 0 Å². The second-order valence-corrected chi connectivity index (χ2v) is 0.283. The van der Waals surface area contributed by atoms with Gasteiger partial charge in [-0.1, -0.05) is 0 Å². The summed E-state index contributed by atoms with van der Waals surface area (Å²) in [6.07, 6.45) is -1.83. The maximum atomic E-state index is 8.56. The third kappa shape index (κ3) is 59.6. The molecule has 24 valence electrons. The Morgan fingerprint density at radius 1 is 1.33 bits per heavy atom. The van der Waals surface area contributed by atoms with Crippen molar-refractivity contribution < 1.29 is 75.5 Å². The van der Waals surface area contributed by atoms with Crippen LogP contribution in [0.15, 0.2) is 0 Å². The molecule has 5 heteroatoms. The van der Waals surface area contributed by atoms with Crippen LogP contribution in [-0.2, 0) is 0 Å². The van der Waals surface area contributed by atoms with Crippen LogP contribution in [0.1, 0.15) is 1.43 Å². The zero-order valence-electron chi connectivity index (χ0n) is 4.80. The van der Waals surface area contributed by atoms with Crippen molar-refractivity contribution in [1.29, 1.82) is 0 Å². The van der Waals surface area contributed by atoms with E-state index < -0.39 is 6.16 Å². The normalized spacial score (nSPS) is 4.00. The third-order valence-corrected chi connectivity index (χ3v) is 0. The van der Waals surface area contributed by atoms with E-state index in [1.165, 1.54) is 0 Å². The summed E-state index contributed by atoms with van der Waals surface area (Å²) in [5, 5.41) is 13.9. The van der Waals surface area contributed by atoms with E-state index in [4.69, 9.17) is 15.0 Å². The van der Waals surface area contributed by atoms with Gasteiger partial charge < -0.3 is 10.2 Å². The molecule has 0 atom stereocenters. The second kappa shape index (κ2) is 9.55. The molecule has 0 spiro atoms. The van der Waals surface area contributed by atoms with Crippen LogP contribution in [0.25, 0.3) is 0 Å². The Morgan fingerprint density at radius 2 is 1.33 bits per heavy atom. The Balaban J connectivity index is -0.0000000150. The van der Waals surface area contributed by atoms with Crippen LogP contribution < -0.4 is 59.1 Å². The molecule has 0 heterocycles. The monoisotopic (exact) mass is 109 g/mol. The van der Waals surface area contributed by atoms with Crippen molar-refractivity contribution in [3.8, 4) is 0 Å². The average Bonchev–Trinajstić information content (AvgIpc) is 0.811. The van der Waals surface area contributed by atoms with Gasteiger partial charge in [0.15, 0.2) is 0 Å². The zero-order valence-corrected chi connectivity index (χ0v) is 7.80. The molecule has 0 aromatic carbocycles. The van der Waals surface area contributed by atoms with Crippen molar-refractivity contribution >= 4 is 6.16 Å². The zero-order chi connectivity index (χ0) is 3.58. The summed E-state index contributed by atoms with van der Waals surface area (Å²) in [5.41, 5.74) is 0. The molecule has 6 heavy (non-hydrogen) atoms. The van der Waals surface area contributed by atoms with Crippen LogP contribution >= 0.6 is 0 Å². The molecule has 0 aromatic heterocycles. The van der Waals surface area contributed by atoms with Crippen molar-refractivity contribution in [2.24, 2.45) is 0 Å². The summed E-state index contributed by atoms with van der Waals surface area (Å²) in [4.78, 5) is 8.56. The topological polar surface area (TPSA) is 57.5 Å². The number of carboxylic acid groups (broad SMARTS) is 2. The maximum Gasteiger partial charge on any atom is 1.00 e. The third-order valence-electron chi connectivity index (χ3n) is 0. The minimum absolute atomic E-state index is 0. The number of hydrogen-bond acceptors (Lipinski definition) is 1. The van der Waals surface area contributed by atoms with Crippen molar-refractivity contribution in [3.63, 3.8) is 0 Å². The molecule has 0 radical (unpaired) electrons. The van der Waals surface area contributed by atoms with Crippen molar-refractivity contribution in [1.82, 2.24) is 0 Å². The number of hydrogen-bond donors (Lipinski definition) is 2. The molecule has 3 nitrogen and oxygen atoms in total. The van der Waals surface area contributed by atoms with Crippen LogP contribution in [0, 0.1) is 0 Å². The Kier molecular flexibility index (Phi) is 25.0. The van der Waals surface area contributed by atoms with Gasteiger partial charge in [0.25, 0.3) is 0 Å². The predicted molar refractivity (Wildman–Crippen MR) is 11.8 cm³/mol. The van der Waals surface area contributed by atoms with Crippen LogP contribution in [0.5, 0.6) is 0 Å². The molecule has 0 rings (SSSR count). The first-order valence-electron chi connectivity index (χ1n) is 0.651. The first-order chi connectivity index (χ1) is 1.73. The summed E-state index contributed by atoms with van der Waals surface area (Å²) in [6.45, 7) is 0. The molecule has 0 fully saturated rings. The van der Waals surface area contributed by atoms with Gasteiger partial charge in [0.1, 0.15) is 0 Å². The van der Waals surface area contributed by atoms with E-state index in [9.17, 15) is 0 Å². The maximum absolute atomic E-state index is 8.56. The van der Waals surface area contributed by atoms with E-state index >= 15 is 0 Å². The van der Waals surface area contributed by atoms with Crippen LogP contribution in [0.4, 0.5) is 4.79 Å². The Morgan fingerprint density at radius 3 is 1.33 bits per heavy atom. The fourth-order valence-electron chi connectivity index (χ4n) is 0. The fraction of sp³-hybridized carbons (Fsp3) is 0. The van der Waals surface area contributed by atoms with E-state index in [1.807, 2.05) is 0 Å². The molecular formula is CH3Na2O3+3. The second-order valence-electron chi connectivity index (χ2n) is 0.283. The van der Waals surface area contributed by atoms with Crippen LogP contribution in [0.2, 0.25) is 0 Å². The molecule has 0 aliphatic heterocycles. The van der Waals surface area contributed by atoms with Crippen LogP contribution in [0.3, 0.4) is 0 Å². The van der Waals surface area contributed by atoms with Crippen molar-refractivity contribution in [2.75, 3.05) is 0 Å². The summed E-state index contributed by atoms with van der Waals surface area (Å²) in [6, 6.07) is 0. The Hall–Kier alpha value is 1.27. The van der Waals surface area contributed by atoms with E-state index in [0.717, 1.165) is 0 Å². The molecule has 0 saturated heterocycles. The van der Waals surface area contributed by atoms with Gasteiger partial charge in [-0.05, 0) is 0 Å². The van der Waals surface area contributed by atoms with E-state index in [0.29, 0.717) is 0 Å². The quantitative estimate of drug-likeness (QED) is 0.305. The van der Waals surface area contributed by atoms with Crippen LogP contribution in [-0.4, -0.2) is 16.4 Å².